The number of rotatable bonds is 6. The summed E-state index contributed by atoms with van der Waals surface area (Å²) in [5.74, 6) is -3.19. The Bertz CT molecular complexity index is 612. The van der Waals surface area contributed by atoms with Gasteiger partial charge in [0.25, 0.3) is 0 Å². The van der Waals surface area contributed by atoms with Gasteiger partial charge in [0.2, 0.25) is 5.91 Å². The molecule has 1 aliphatic rings. The van der Waals surface area contributed by atoms with Gasteiger partial charge >= 0.3 is 5.97 Å². The molecule has 0 saturated carbocycles. The summed E-state index contributed by atoms with van der Waals surface area (Å²) in [6.07, 6.45) is -0.327. The van der Waals surface area contributed by atoms with E-state index < -0.39 is 17.6 Å². The number of hydrogen-bond donors (Lipinski definition) is 1. The molecule has 0 radical (unpaired) electrons. The molecule has 1 saturated heterocycles. The van der Waals surface area contributed by atoms with E-state index in [9.17, 15) is 18.4 Å². The van der Waals surface area contributed by atoms with Crippen molar-refractivity contribution in [3.05, 3.63) is 35.4 Å². The van der Waals surface area contributed by atoms with Crippen LogP contribution in [-0.4, -0.2) is 65.7 Å². The molecule has 1 aromatic carbocycles. The predicted octanol–water partition coefficient (Wildman–Crippen LogP) is 1.10. The minimum Gasteiger partial charge on any atom is -0.480 e. The Balaban J connectivity index is 1.94. The van der Waals surface area contributed by atoms with E-state index in [4.69, 9.17) is 9.84 Å². The van der Waals surface area contributed by atoms with Gasteiger partial charge in [-0.15, -0.1) is 0 Å². The molecule has 1 unspecified atom stereocenters. The van der Waals surface area contributed by atoms with Crippen molar-refractivity contribution in [2.45, 2.75) is 19.6 Å². The fourth-order valence-corrected chi connectivity index (χ4v) is 2.64. The van der Waals surface area contributed by atoms with Crippen molar-refractivity contribution < 1.29 is 28.2 Å². The lowest BCUT2D eigenvalue weighted by Gasteiger charge is -2.35. The molecule has 24 heavy (non-hydrogen) atoms. The van der Waals surface area contributed by atoms with E-state index in [2.05, 4.69) is 0 Å². The molecule has 1 N–H and O–H groups in total. The summed E-state index contributed by atoms with van der Waals surface area (Å²) in [6, 6.07) is 3.77. The summed E-state index contributed by atoms with van der Waals surface area (Å²) in [7, 11) is 0. The first kappa shape index (κ1) is 18.3. The van der Waals surface area contributed by atoms with Crippen molar-refractivity contribution in [1.82, 2.24) is 9.80 Å². The fourth-order valence-electron chi connectivity index (χ4n) is 2.64. The Morgan fingerprint density at radius 1 is 1.38 bits per heavy atom. The normalized spacial score (nSPS) is 18.4. The number of carbonyl (C=O) groups is 2. The van der Waals surface area contributed by atoms with Crippen molar-refractivity contribution >= 4 is 11.9 Å². The van der Waals surface area contributed by atoms with E-state index in [-0.39, 0.29) is 25.1 Å². The van der Waals surface area contributed by atoms with Crippen molar-refractivity contribution in [3.63, 3.8) is 0 Å². The van der Waals surface area contributed by atoms with Crippen LogP contribution in [0.5, 0.6) is 0 Å². The number of hydrogen-bond acceptors (Lipinski definition) is 4. The zero-order chi connectivity index (χ0) is 17.7. The van der Waals surface area contributed by atoms with Gasteiger partial charge in [-0.05, 0) is 17.7 Å². The second kappa shape index (κ2) is 8.16. The van der Waals surface area contributed by atoms with Crippen LogP contribution in [0.4, 0.5) is 8.78 Å². The zero-order valence-electron chi connectivity index (χ0n) is 13.4. The number of carbonyl (C=O) groups excluding carboxylic acids is 1. The number of ether oxygens (including phenoxy) is 1. The van der Waals surface area contributed by atoms with Gasteiger partial charge in [-0.25, -0.2) is 8.78 Å². The standard InChI is InChI=1S/C16H20F2N2O4/c1-11(21)20(10-16(22)23)9-13-8-19(4-5-24-13)7-12-2-3-14(17)15(18)6-12/h2-3,6,13H,4-5,7-10H2,1H3,(H,22,23). The van der Waals surface area contributed by atoms with Crippen LogP contribution < -0.4 is 0 Å². The van der Waals surface area contributed by atoms with Crippen LogP contribution in [0, 0.1) is 11.6 Å². The molecule has 0 bridgehead atoms. The summed E-state index contributed by atoms with van der Waals surface area (Å²) in [5.41, 5.74) is 0.642. The highest BCUT2D eigenvalue weighted by molar-refractivity contribution is 5.79. The quantitative estimate of drug-likeness (QED) is 0.838. The van der Waals surface area contributed by atoms with E-state index >= 15 is 0 Å². The minimum atomic E-state index is -1.08. The summed E-state index contributed by atoms with van der Waals surface area (Å²) >= 11 is 0. The van der Waals surface area contributed by atoms with Gasteiger partial charge in [0.05, 0.1) is 12.7 Å². The minimum absolute atomic E-state index is 0.177. The molecular weight excluding hydrogens is 322 g/mol. The van der Waals surface area contributed by atoms with Gasteiger partial charge in [0.15, 0.2) is 11.6 Å². The maximum absolute atomic E-state index is 13.3. The largest absolute Gasteiger partial charge is 0.480 e. The van der Waals surface area contributed by atoms with Crippen LogP contribution in [0.15, 0.2) is 18.2 Å². The third-order valence-electron chi connectivity index (χ3n) is 3.81. The number of amides is 1. The summed E-state index contributed by atoms with van der Waals surface area (Å²) < 4.78 is 31.8. The average molecular weight is 342 g/mol. The maximum Gasteiger partial charge on any atom is 0.323 e. The summed E-state index contributed by atoms with van der Waals surface area (Å²) in [4.78, 5) is 25.5. The molecule has 1 fully saturated rings. The molecular formula is C16H20F2N2O4. The van der Waals surface area contributed by atoms with Crippen LogP contribution in [0.25, 0.3) is 0 Å². The van der Waals surface area contributed by atoms with Crippen LogP contribution in [0.1, 0.15) is 12.5 Å². The maximum atomic E-state index is 13.3. The smallest absolute Gasteiger partial charge is 0.323 e. The Kier molecular flexibility index (Phi) is 6.22. The molecule has 1 aromatic rings. The number of nitrogens with zero attached hydrogens (tertiary/aromatic N) is 2. The van der Waals surface area contributed by atoms with Gasteiger partial charge in [0, 0.05) is 33.1 Å². The Hall–Kier alpha value is -2.06. The molecule has 0 spiro atoms. The van der Waals surface area contributed by atoms with E-state index in [0.29, 0.717) is 31.8 Å². The molecule has 0 aromatic heterocycles. The van der Waals surface area contributed by atoms with Gasteiger partial charge in [0.1, 0.15) is 6.54 Å². The topological polar surface area (TPSA) is 70.1 Å². The lowest BCUT2D eigenvalue weighted by atomic mass is 10.1. The number of morpholine rings is 1. The molecule has 1 amide bonds. The lowest BCUT2D eigenvalue weighted by molar-refractivity contribution is -0.145. The number of halogens is 2. The SMILES string of the molecule is CC(=O)N(CC(=O)O)CC1CN(Cc2ccc(F)c(F)c2)CCO1. The van der Waals surface area contributed by atoms with E-state index in [1.807, 2.05) is 4.90 Å². The van der Waals surface area contributed by atoms with Crippen molar-refractivity contribution in [2.75, 3.05) is 32.8 Å². The van der Waals surface area contributed by atoms with Gasteiger partial charge in [-0.3, -0.25) is 14.5 Å². The monoisotopic (exact) mass is 342 g/mol. The fraction of sp³-hybridized carbons (Fsp3) is 0.500. The number of benzene rings is 1. The molecule has 2 rings (SSSR count). The van der Waals surface area contributed by atoms with Crippen LogP contribution in [0.3, 0.4) is 0 Å². The molecule has 132 valence electrons. The molecule has 1 aliphatic heterocycles. The zero-order valence-corrected chi connectivity index (χ0v) is 13.4. The summed E-state index contributed by atoms with van der Waals surface area (Å²) in [5, 5.41) is 8.85. The Morgan fingerprint density at radius 2 is 2.12 bits per heavy atom. The van der Waals surface area contributed by atoms with Crippen LogP contribution in [0.2, 0.25) is 0 Å². The van der Waals surface area contributed by atoms with Crippen LogP contribution >= 0.6 is 0 Å². The highest BCUT2D eigenvalue weighted by Crippen LogP contribution is 2.14. The van der Waals surface area contributed by atoms with Crippen LogP contribution in [-0.2, 0) is 20.9 Å². The van der Waals surface area contributed by atoms with Crippen molar-refractivity contribution in [2.24, 2.45) is 0 Å². The van der Waals surface area contributed by atoms with Crippen molar-refractivity contribution in [3.8, 4) is 0 Å². The van der Waals surface area contributed by atoms with E-state index in [0.717, 1.165) is 12.1 Å². The number of carboxylic acid groups (broad SMARTS) is 1. The van der Waals surface area contributed by atoms with E-state index in [1.54, 1.807) is 0 Å². The molecule has 1 heterocycles. The third-order valence-corrected chi connectivity index (χ3v) is 3.81. The summed E-state index contributed by atoms with van der Waals surface area (Å²) in [6.45, 7) is 3.05. The molecule has 6 nitrogen and oxygen atoms in total. The Morgan fingerprint density at radius 3 is 2.75 bits per heavy atom. The third kappa shape index (κ3) is 5.24. The highest BCUT2D eigenvalue weighted by atomic mass is 19.2. The molecule has 0 aliphatic carbocycles. The van der Waals surface area contributed by atoms with Crippen molar-refractivity contribution in [1.29, 1.82) is 0 Å². The van der Waals surface area contributed by atoms with Gasteiger partial charge < -0.3 is 14.7 Å². The number of carboxylic acids is 1. The highest BCUT2D eigenvalue weighted by Gasteiger charge is 2.25. The lowest BCUT2D eigenvalue weighted by Crippen LogP contribution is -2.49. The first-order valence-corrected chi connectivity index (χ1v) is 7.60. The first-order chi connectivity index (χ1) is 11.3. The van der Waals surface area contributed by atoms with Gasteiger partial charge in [-0.2, -0.15) is 0 Å². The molecule has 8 heteroatoms. The van der Waals surface area contributed by atoms with E-state index in [1.165, 1.54) is 17.9 Å². The average Bonchev–Trinajstić information content (AvgIpc) is 2.50. The predicted molar refractivity (Wildman–Crippen MR) is 81.3 cm³/mol. The Labute approximate surface area is 138 Å². The van der Waals surface area contributed by atoms with Gasteiger partial charge in [-0.1, -0.05) is 6.07 Å². The number of aliphatic carboxylic acids is 1. The second-order valence-corrected chi connectivity index (χ2v) is 5.77. The first-order valence-electron chi connectivity index (χ1n) is 7.60. The molecule has 1 atom stereocenters. The second-order valence-electron chi connectivity index (χ2n) is 5.77.